The highest BCUT2D eigenvalue weighted by molar-refractivity contribution is 5.92. The van der Waals surface area contributed by atoms with Crippen LogP contribution >= 0.6 is 0 Å². The van der Waals surface area contributed by atoms with Gasteiger partial charge in [0.25, 0.3) is 5.91 Å². The largest absolute Gasteiger partial charge is 0.469 e. The minimum atomic E-state index is -0.482. The molecule has 1 aliphatic heterocycles. The van der Waals surface area contributed by atoms with E-state index in [4.69, 9.17) is 9.15 Å². The maximum absolute atomic E-state index is 13.1. The van der Waals surface area contributed by atoms with Crippen LogP contribution in [0, 0.1) is 11.7 Å². The predicted octanol–water partition coefficient (Wildman–Crippen LogP) is 2.45. The third-order valence-electron chi connectivity index (χ3n) is 4.14. The summed E-state index contributed by atoms with van der Waals surface area (Å²) >= 11 is 0. The molecule has 5 nitrogen and oxygen atoms in total. The summed E-state index contributed by atoms with van der Waals surface area (Å²) in [6.07, 6.45) is 1.43. The van der Waals surface area contributed by atoms with Crippen LogP contribution in [-0.2, 0) is 9.53 Å². The molecule has 6 heteroatoms. The lowest BCUT2D eigenvalue weighted by atomic mass is 9.89. The van der Waals surface area contributed by atoms with Crippen LogP contribution in [0.25, 0.3) is 0 Å². The van der Waals surface area contributed by atoms with E-state index in [0.29, 0.717) is 6.54 Å². The Morgan fingerprint density at radius 1 is 1.22 bits per heavy atom. The van der Waals surface area contributed by atoms with Gasteiger partial charge in [-0.15, -0.1) is 0 Å². The molecule has 0 bridgehead atoms. The van der Waals surface area contributed by atoms with Gasteiger partial charge in [-0.25, -0.2) is 4.39 Å². The smallest absolute Gasteiger partial charge is 0.311 e. The first-order valence-electron chi connectivity index (χ1n) is 7.26. The summed E-state index contributed by atoms with van der Waals surface area (Å²) in [4.78, 5) is 26.0. The van der Waals surface area contributed by atoms with Crippen LogP contribution in [0.4, 0.5) is 4.39 Å². The molecule has 1 aliphatic rings. The number of esters is 1. The molecule has 3 rings (SSSR count). The van der Waals surface area contributed by atoms with Crippen molar-refractivity contribution in [3.63, 3.8) is 0 Å². The third kappa shape index (κ3) is 2.97. The molecule has 0 radical (unpaired) electrons. The molecule has 1 aromatic heterocycles. The highest BCUT2D eigenvalue weighted by Gasteiger charge is 2.41. The Morgan fingerprint density at radius 3 is 2.57 bits per heavy atom. The van der Waals surface area contributed by atoms with Crippen molar-refractivity contribution in [2.75, 3.05) is 20.2 Å². The van der Waals surface area contributed by atoms with Crippen molar-refractivity contribution < 1.29 is 23.1 Å². The summed E-state index contributed by atoms with van der Waals surface area (Å²) in [7, 11) is 1.32. The first-order valence-corrected chi connectivity index (χ1v) is 7.26. The summed E-state index contributed by atoms with van der Waals surface area (Å²) in [6.45, 7) is 0.596. The average molecular weight is 317 g/mol. The SMILES string of the molecule is COC(=O)[C@H]1CN(C(=O)c2ccco2)C[C@@H]1c1ccc(F)cc1. The fraction of sp³-hybridized carbons (Fsp3) is 0.294. The zero-order valence-corrected chi connectivity index (χ0v) is 12.6. The number of halogens is 1. The molecule has 0 unspecified atom stereocenters. The van der Waals surface area contributed by atoms with E-state index in [1.54, 1.807) is 29.2 Å². The summed E-state index contributed by atoms with van der Waals surface area (Å²) in [6, 6.07) is 9.19. The van der Waals surface area contributed by atoms with Crippen LogP contribution in [0.3, 0.4) is 0 Å². The lowest BCUT2D eigenvalue weighted by Crippen LogP contribution is -2.29. The van der Waals surface area contributed by atoms with Gasteiger partial charge in [0, 0.05) is 19.0 Å². The highest BCUT2D eigenvalue weighted by atomic mass is 19.1. The first kappa shape index (κ1) is 15.3. The Labute approximate surface area is 132 Å². The van der Waals surface area contributed by atoms with Crippen molar-refractivity contribution in [2.24, 2.45) is 5.92 Å². The molecule has 1 aromatic carbocycles. The Balaban J connectivity index is 1.86. The van der Waals surface area contributed by atoms with Crippen molar-refractivity contribution in [3.05, 3.63) is 59.8 Å². The Hall–Kier alpha value is -2.63. The number of amides is 1. The van der Waals surface area contributed by atoms with E-state index in [9.17, 15) is 14.0 Å². The summed E-state index contributed by atoms with van der Waals surface area (Å²) < 4.78 is 23.1. The number of methoxy groups -OCH3 is 1. The molecule has 2 heterocycles. The molecule has 1 amide bonds. The minimum Gasteiger partial charge on any atom is -0.469 e. The molecular weight excluding hydrogens is 301 g/mol. The molecule has 1 saturated heterocycles. The predicted molar refractivity (Wildman–Crippen MR) is 79.3 cm³/mol. The van der Waals surface area contributed by atoms with Crippen LogP contribution in [-0.4, -0.2) is 37.0 Å². The van der Waals surface area contributed by atoms with E-state index in [2.05, 4.69) is 0 Å². The maximum atomic E-state index is 13.1. The molecule has 0 saturated carbocycles. The zero-order valence-electron chi connectivity index (χ0n) is 12.6. The number of carbonyl (C=O) groups excluding carboxylic acids is 2. The number of likely N-dealkylation sites (tertiary alicyclic amines) is 1. The van der Waals surface area contributed by atoms with Crippen molar-refractivity contribution >= 4 is 11.9 Å². The summed E-state index contributed by atoms with van der Waals surface area (Å²) in [5, 5.41) is 0. The minimum absolute atomic E-state index is 0.230. The molecule has 2 atom stereocenters. The topological polar surface area (TPSA) is 59.8 Å². The Morgan fingerprint density at radius 2 is 1.96 bits per heavy atom. The summed E-state index contributed by atoms with van der Waals surface area (Å²) in [5.41, 5.74) is 0.802. The van der Waals surface area contributed by atoms with Gasteiger partial charge in [0.2, 0.25) is 0 Å². The molecule has 2 aromatic rings. The van der Waals surface area contributed by atoms with E-state index in [0.717, 1.165) is 5.56 Å². The molecule has 0 N–H and O–H groups in total. The third-order valence-corrected chi connectivity index (χ3v) is 4.14. The fourth-order valence-corrected chi connectivity index (χ4v) is 2.96. The molecular formula is C17H16FNO4. The average Bonchev–Trinajstić information content (AvgIpc) is 3.24. The van der Waals surface area contributed by atoms with Crippen molar-refractivity contribution in [3.8, 4) is 0 Å². The Bertz CT molecular complexity index is 696. The van der Waals surface area contributed by atoms with Gasteiger partial charge in [-0.3, -0.25) is 9.59 Å². The van der Waals surface area contributed by atoms with Crippen molar-refractivity contribution in [2.45, 2.75) is 5.92 Å². The van der Waals surface area contributed by atoms with Crippen molar-refractivity contribution in [1.29, 1.82) is 0 Å². The number of rotatable bonds is 3. The second-order valence-electron chi connectivity index (χ2n) is 5.48. The number of ether oxygens (including phenoxy) is 1. The number of nitrogens with zero attached hydrogens (tertiary/aromatic N) is 1. The monoisotopic (exact) mass is 317 g/mol. The number of hydrogen-bond acceptors (Lipinski definition) is 4. The van der Waals surface area contributed by atoms with Gasteiger partial charge in [-0.2, -0.15) is 0 Å². The van der Waals surface area contributed by atoms with E-state index in [1.807, 2.05) is 0 Å². The van der Waals surface area contributed by atoms with Gasteiger partial charge >= 0.3 is 5.97 Å². The van der Waals surface area contributed by atoms with Gasteiger partial charge in [-0.05, 0) is 29.8 Å². The van der Waals surface area contributed by atoms with E-state index in [1.165, 1.54) is 25.5 Å². The zero-order chi connectivity index (χ0) is 16.4. The number of furan rings is 1. The van der Waals surface area contributed by atoms with Gasteiger partial charge in [-0.1, -0.05) is 12.1 Å². The van der Waals surface area contributed by atoms with Crippen LogP contribution in [0.1, 0.15) is 22.0 Å². The standard InChI is InChI=1S/C17H16FNO4/c1-22-17(21)14-10-19(16(20)15-3-2-8-23-15)9-13(14)11-4-6-12(18)7-5-11/h2-8,13-14H,9-10H2,1H3/t13-,14+/m1/s1. The van der Waals surface area contributed by atoms with Crippen LogP contribution in [0.2, 0.25) is 0 Å². The first-order chi connectivity index (χ1) is 11.1. The Kier molecular flexibility index (Phi) is 4.14. The maximum Gasteiger partial charge on any atom is 0.311 e. The second kappa shape index (κ2) is 6.24. The van der Waals surface area contributed by atoms with E-state index in [-0.39, 0.29) is 35.9 Å². The van der Waals surface area contributed by atoms with Crippen LogP contribution in [0.15, 0.2) is 47.1 Å². The molecule has 23 heavy (non-hydrogen) atoms. The van der Waals surface area contributed by atoms with Crippen LogP contribution < -0.4 is 0 Å². The van der Waals surface area contributed by atoms with Gasteiger partial charge < -0.3 is 14.1 Å². The normalized spacial score (nSPS) is 20.5. The summed E-state index contributed by atoms with van der Waals surface area (Å²) in [5.74, 6) is -1.48. The number of carbonyl (C=O) groups is 2. The van der Waals surface area contributed by atoms with Gasteiger partial charge in [0.15, 0.2) is 5.76 Å². The lowest BCUT2D eigenvalue weighted by molar-refractivity contribution is -0.145. The van der Waals surface area contributed by atoms with Crippen molar-refractivity contribution in [1.82, 2.24) is 4.90 Å². The van der Waals surface area contributed by atoms with Crippen LogP contribution in [0.5, 0.6) is 0 Å². The van der Waals surface area contributed by atoms with Gasteiger partial charge in [0.05, 0.1) is 19.3 Å². The molecule has 0 aliphatic carbocycles. The molecule has 1 fully saturated rings. The quantitative estimate of drug-likeness (QED) is 0.816. The van der Waals surface area contributed by atoms with E-state index < -0.39 is 5.92 Å². The van der Waals surface area contributed by atoms with Gasteiger partial charge in [0.1, 0.15) is 5.82 Å². The molecule has 0 spiro atoms. The number of benzene rings is 1. The molecule has 120 valence electrons. The lowest BCUT2D eigenvalue weighted by Gasteiger charge is -2.16. The highest BCUT2D eigenvalue weighted by Crippen LogP contribution is 2.34. The number of hydrogen-bond donors (Lipinski definition) is 0. The second-order valence-corrected chi connectivity index (χ2v) is 5.48. The van der Waals surface area contributed by atoms with E-state index >= 15 is 0 Å². The fourth-order valence-electron chi connectivity index (χ4n) is 2.96.